The Labute approximate surface area is 146 Å². The number of fused-ring (bicyclic) bond motifs is 1. The van der Waals surface area contributed by atoms with Gasteiger partial charge in [0.1, 0.15) is 11.6 Å². The minimum absolute atomic E-state index is 0.0228. The van der Waals surface area contributed by atoms with E-state index in [2.05, 4.69) is 4.98 Å². The molecule has 0 unspecified atom stereocenters. The van der Waals surface area contributed by atoms with E-state index in [4.69, 9.17) is 9.72 Å². The normalized spacial score (nSPS) is 17.2. The summed E-state index contributed by atoms with van der Waals surface area (Å²) in [4.78, 5) is 22.9. The highest BCUT2D eigenvalue weighted by atomic mass is 16.5. The first kappa shape index (κ1) is 15.7. The number of nitrogens with one attached hydrogen (secondary N) is 1. The zero-order chi connectivity index (χ0) is 17.2. The van der Waals surface area contributed by atoms with Gasteiger partial charge in [-0.25, -0.2) is 4.98 Å². The summed E-state index contributed by atoms with van der Waals surface area (Å²) in [5, 5.41) is 0. The monoisotopic (exact) mass is 335 g/mol. The fourth-order valence-electron chi connectivity index (χ4n) is 3.59. The van der Waals surface area contributed by atoms with E-state index in [1.165, 1.54) is 0 Å². The van der Waals surface area contributed by atoms with Crippen molar-refractivity contribution in [2.24, 2.45) is 0 Å². The fourth-order valence-corrected chi connectivity index (χ4v) is 3.59. The van der Waals surface area contributed by atoms with E-state index in [1.54, 1.807) is 7.11 Å². The van der Waals surface area contributed by atoms with E-state index < -0.39 is 0 Å². The molecule has 0 bridgehead atoms. The third kappa shape index (κ3) is 2.97. The standard InChI is InChI=1S/C20H21N3O2/c1-25-18-11-5-2-7-14(18)13-19(24)23-12-6-10-17(23)20-21-15-8-3-4-9-16(15)22-20/h2-5,7-9,11,17H,6,10,12-13H2,1H3,(H,21,22)/t17-/m1/s1. The summed E-state index contributed by atoms with van der Waals surface area (Å²) in [6.45, 7) is 0.774. The number of imidazole rings is 1. The molecule has 5 nitrogen and oxygen atoms in total. The van der Waals surface area contributed by atoms with Crippen LogP contribution in [0.2, 0.25) is 0 Å². The van der Waals surface area contributed by atoms with Crippen molar-refractivity contribution in [1.29, 1.82) is 0 Å². The first-order valence-electron chi connectivity index (χ1n) is 8.62. The lowest BCUT2D eigenvalue weighted by atomic mass is 10.1. The van der Waals surface area contributed by atoms with Crippen LogP contribution in [0.15, 0.2) is 48.5 Å². The molecule has 1 aliphatic heterocycles. The number of para-hydroxylation sites is 3. The fraction of sp³-hybridized carbons (Fsp3) is 0.300. The van der Waals surface area contributed by atoms with Crippen LogP contribution in [0.25, 0.3) is 11.0 Å². The molecule has 128 valence electrons. The molecule has 1 amide bonds. The molecule has 2 heterocycles. The lowest BCUT2D eigenvalue weighted by Crippen LogP contribution is -2.32. The predicted molar refractivity (Wildman–Crippen MR) is 96.5 cm³/mol. The van der Waals surface area contributed by atoms with E-state index in [1.807, 2.05) is 53.4 Å². The molecule has 0 aliphatic carbocycles. The van der Waals surface area contributed by atoms with Gasteiger partial charge in [0.25, 0.3) is 0 Å². The molecular weight excluding hydrogens is 314 g/mol. The molecule has 1 N–H and O–H groups in total. The van der Waals surface area contributed by atoms with Gasteiger partial charge in [-0.15, -0.1) is 0 Å². The number of aromatic amines is 1. The second-order valence-corrected chi connectivity index (χ2v) is 6.37. The van der Waals surface area contributed by atoms with Gasteiger partial charge in [0.05, 0.1) is 30.6 Å². The maximum Gasteiger partial charge on any atom is 0.227 e. The zero-order valence-electron chi connectivity index (χ0n) is 14.2. The SMILES string of the molecule is COc1ccccc1CC(=O)N1CCC[C@@H]1c1nc2ccccc2[nH]1. The third-order valence-corrected chi connectivity index (χ3v) is 4.83. The number of carbonyl (C=O) groups is 1. The molecule has 0 radical (unpaired) electrons. The zero-order valence-corrected chi connectivity index (χ0v) is 14.2. The summed E-state index contributed by atoms with van der Waals surface area (Å²) in [5.74, 6) is 1.76. The van der Waals surface area contributed by atoms with Gasteiger partial charge in [-0.05, 0) is 31.0 Å². The van der Waals surface area contributed by atoms with Crippen LogP contribution in [-0.2, 0) is 11.2 Å². The van der Waals surface area contributed by atoms with Crippen LogP contribution in [0.3, 0.4) is 0 Å². The predicted octanol–water partition coefficient (Wildman–Crippen LogP) is 3.48. The summed E-state index contributed by atoms with van der Waals surface area (Å²) in [7, 11) is 1.64. The molecule has 4 rings (SSSR count). The molecule has 0 saturated carbocycles. The Bertz CT molecular complexity index is 870. The summed E-state index contributed by atoms with van der Waals surface area (Å²) >= 11 is 0. The second-order valence-electron chi connectivity index (χ2n) is 6.37. The van der Waals surface area contributed by atoms with Gasteiger partial charge in [0.2, 0.25) is 5.91 Å². The van der Waals surface area contributed by atoms with Crippen molar-refractivity contribution in [1.82, 2.24) is 14.9 Å². The van der Waals surface area contributed by atoms with Crippen molar-refractivity contribution in [3.63, 3.8) is 0 Å². The third-order valence-electron chi connectivity index (χ3n) is 4.83. The van der Waals surface area contributed by atoms with E-state index in [0.29, 0.717) is 6.42 Å². The largest absolute Gasteiger partial charge is 0.496 e. The molecule has 1 saturated heterocycles. The first-order chi connectivity index (χ1) is 12.3. The number of nitrogens with zero attached hydrogens (tertiary/aromatic N) is 2. The number of carbonyl (C=O) groups excluding carboxylic acids is 1. The number of aromatic nitrogens is 2. The molecule has 3 aromatic rings. The lowest BCUT2D eigenvalue weighted by molar-refractivity contribution is -0.131. The number of amides is 1. The van der Waals surface area contributed by atoms with Crippen LogP contribution in [0, 0.1) is 0 Å². The van der Waals surface area contributed by atoms with Gasteiger partial charge in [-0.2, -0.15) is 0 Å². The van der Waals surface area contributed by atoms with E-state index in [-0.39, 0.29) is 11.9 Å². The quantitative estimate of drug-likeness (QED) is 0.794. The van der Waals surface area contributed by atoms with Crippen LogP contribution < -0.4 is 4.74 Å². The van der Waals surface area contributed by atoms with Crippen molar-refractivity contribution in [2.75, 3.05) is 13.7 Å². The highest BCUT2D eigenvalue weighted by molar-refractivity contribution is 5.80. The highest BCUT2D eigenvalue weighted by Gasteiger charge is 2.32. The topological polar surface area (TPSA) is 58.2 Å². The molecule has 1 aliphatic rings. The van der Waals surface area contributed by atoms with Gasteiger partial charge < -0.3 is 14.6 Å². The van der Waals surface area contributed by atoms with Crippen molar-refractivity contribution in [3.8, 4) is 5.75 Å². The minimum atomic E-state index is 0.0228. The van der Waals surface area contributed by atoms with Crippen molar-refractivity contribution >= 4 is 16.9 Å². The average Bonchev–Trinajstić information content (AvgIpc) is 3.28. The van der Waals surface area contributed by atoms with Gasteiger partial charge in [-0.1, -0.05) is 30.3 Å². The van der Waals surface area contributed by atoms with Crippen molar-refractivity contribution in [2.45, 2.75) is 25.3 Å². The molecule has 1 atom stereocenters. The molecule has 1 fully saturated rings. The van der Waals surface area contributed by atoms with Gasteiger partial charge >= 0.3 is 0 Å². The van der Waals surface area contributed by atoms with E-state index in [9.17, 15) is 4.79 Å². The van der Waals surface area contributed by atoms with Crippen molar-refractivity contribution < 1.29 is 9.53 Å². The second kappa shape index (κ2) is 6.59. The summed E-state index contributed by atoms with van der Waals surface area (Å²) in [6, 6.07) is 15.7. The summed E-state index contributed by atoms with van der Waals surface area (Å²) < 4.78 is 5.37. The van der Waals surface area contributed by atoms with E-state index in [0.717, 1.165) is 47.6 Å². The molecule has 2 aromatic carbocycles. The van der Waals surface area contributed by atoms with Crippen LogP contribution >= 0.6 is 0 Å². The smallest absolute Gasteiger partial charge is 0.227 e. The number of ether oxygens (including phenoxy) is 1. The number of likely N-dealkylation sites (tertiary alicyclic amines) is 1. The van der Waals surface area contributed by atoms with Crippen LogP contribution in [0.5, 0.6) is 5.75 Å². The van der Waals surface area contributed by atoms with E-state index >= 15 is 0 Å². The Balaban J connectivity index is 1.57. The van der Waals surface area contributed by atoms with Crippen LogP contribution in [0.1, 0.15) is 30.3 Å². The van der Waals surface area contributed by atoms with Crippen molar-refractivity contribution in [3.05, 3.63) is 59.9 Å². The van der Waals surface area contributed by atoms with Gasteiger partial charge in [0.15, 0.2) is 0 Å². The molecule has 0 spiro atoms. The van der Waals surface area contributed by atoms with Gasteiger partial charge in [0, 0.05) is 12.1 Å². The Hall–Kier alpha value is -2.82. The first-order valence-corrected chi connectivity index (χ1v) is 8.62. The maximum atomic E-state index is 12.9. The maximum absolute atomic E-state index is 12.9. The summed E-state index contributed by atoms with van der Waals surface area (Å²) in [6.07, 6.45) is 2.29. The average molecular weight is 335 g/mol. The number of benzene rings is 2. The van der Waals surface area contributed by atoms with Crippen LogP contribution in [-0.4, -0.2) is 34.4 Å². The lowest BCUT2D eigenvalue weighted by Gasteiger charge is -2.23. The number of rotatable bonds is 4. The molecule has 5 heteroatoms. The molecule has 25 heavy (non-hydrogen) atoms. The number of H-pyrrole nitrogens is 1. The Morgan fingerprint density at radius 2 is 2.04 bits per heavy atom. The Morgan fingerprint density at radius 3 is 2.88 bits per heavy atom. The summed E-state index contributed by atoms with van der Waals surface area (Å²) in [5.41, 5.74) is 2.88. The number of hydrogen-bond donors (Lipinski definition) is 1. The Kier molecular flexibility index (Phi) is 4.14. The van der Waals surface area contributed by atoms with Crippen LogP contribution in [0.4, 0.5) is 0 Å². The van der Waals surface area contributed by atoms with Gasteiger partial charge in [-0.3, -0.25) is 4.79 Å². The molecular formula is C20H21N3O2. The Morgan fingerprint density at radius 1 is 1.24 bits per heavy atom. The minimum Gasteiger partial charge on any atom is -0.496 e. The number of hydrogen-bond acceptors (Lipinski definition) is 3. The number of methoxy groups -OCH3 is 1. The molecule has 1 aromatic heterocycles. The highest BCUT2D eigenvalue weighted by Crippen LogP contribution is 2.32.